The molecule has 0 aliphatic carbocycles. The van der Waals surface area contributed by atoms with E-state index in [1.165, 1.54) is 119 Å². The van der Waals surface area contributed by atoms with Crippen LogP contribution in [0.1, 0.15) is 248 Å². The number of carbonyl (C=O) groups excluding carboxylic acids is 1. The molecule has 0 N–H and O–H groups in total. The van der Waals surface area contributed by atoms with Gasteiger partial charge in [0.05, 0.1) is 13.2 Å². The summed E-state index contributed by atoms with van der Waals surface area (Å²) in [7, 11) is 0. The van der Waals surface area contributed by atoms with Crippen LogP contribution < -0.4 is 47.4 Å². The van der Waals surface area contributed by atoms with Crippen molar-refractivity contribution in [2.45, 2.75) is 243 Å². The van der Waals surface area contributed by atoms with Crippen molar-refractivity contribution >= 4 is 38.1 Å². The predicted molar refractivity (Wildman–Crippen MR) is 558 cm³/mol. The quantitative estimate of drug-likeness (QED) is 0.0206. The number of ether oxygens (including phenoxy) is 10. The summed E-state index contributed by atoms with van der Waals surface area (Å²) in [4.78, 5) is 14.8. The summed E-state index contributed by atoms with van der Waals surface area (Å²) in [6.45, 7) is 17.9. The van der Waals surface area contributed by atoms with E-state index in [0.29, 0.717) is 64.8 Å². The fourth-order valence-corrected chi connectivity index (χ4v) is 17.1. The summed E-state index contributed by atoms with van der Waals surface area (Å²) < 4.78 is 67.8. The zero-order valence-corrected chi connectivity index (χ0v) is 81.3. The van der Waals surface area contributed by atoms with Gasteiger partial charge in [-0.2, -0.15) is 0 Å². The molecule has 15 aromatic carbocycles. The Labute approximate surface area is 812 Å². The fourth-order valence-electron chi connectivity index (χ4n) is 17.1. The Morgan fingerprint density at radius 1 is 0.226 bits per heavy atom. The first-order valence-electron chi connectivity index (χ1n) is 49.8. The van der Waals surface area contributed by atoms with Crippen LogP contribution in [0.15, 0.2) is 285 Å². The van der Waals surface area contributed by atoms with Crippen LogP contribution in [0.3, 0.4) is 0 Å². The third kappa shape index (κ3) is 30.1. The van der Waals surface area contributed by atoms with Crippen molar-refractivity contribution in [3.8, 4) is 81.2 Å². The van der Waals surface area contributed by atoms with Gasteiger partial charge in [-0.3, -0.25) is 4.79 Å². The topological polar surface area (TPSA) is 109 Å². The number of aryl methyl sites for hydroxylation is 5. The number of carbonyl (C=O) groups is 1. The molecule has 15 aromatic rings. The van der Waals surface area contributed by atoms with Crippen LogP contribution in [0.25, 0.3) is 32.3 Å². The van der Waals surface area contributed by atoms with Gasteiger partial charge >= 0.3 is 0 Å². The molecule has 0 radical (unpaired) electrons. The lowest BCUT2D eigenvalue weighted by molar-refractivity contribution is -0.117. The minimum Gasteiger partial charge on any atom is -0.494 e. The number of Topliss-reactive ketones (excluding diaryl/α,β-unsaturated/α-hetero) is 1. The fraction of sp³-hybridized carbons (Fsp3) is 0.310. The molecular formula is C126H132O11. The second kappa shape index (κ2) is 51.2. The molecule has 0 spiro atoms. The van der Waals surface area contributed by atoms with Crippen molar-refractivity contribution in [1.29, 1.82) is 0 Å². The largest absolute Gasteiger partial charge is 0.494 e. The first-order valence-corrected chi connectivity index (χ1v) is 49.8. The van der Waals surface area contributed by atoms with Gasteiger partial charge in [-0.1, -0.05) is 363 Å². The third-order valence-electron chi connectivity index (χ3n) is 25.3. The molecule has 137 heavy (non-hydrogen) atoms. The summed E-state index contributed by atoms with van der Waals surface area (Å²) >= 11 is 0. The first-order chi connectivity index (χ1) is 67.2. The molecule has 702 valence electrons. The lowest BCUT2D eigenvalue weighted by Gasteiger charge is -2.20. The van der Waals surface area contributed by atoms with Crippen molar-refractivity contribution in [1.82, 2.24) is 0 Å². The highest BCUT2D eigenvalue weighted by Crippen LogP contribution is 2.45. The van der Waals surface area contributed by atoms with Gasteiger partial charge in [-0.05, 0) is 232 Å². The number of hydrogen-bond donors (Lipinski definition) is 0. The van der Waals surface area contributed by atoms with Crippen LogP contribution in [0, 0.1) is 58.3 Å². The minimum absolute atomic E-state index is 0.000318. The molecule has 0 aromatic heterocycles. The summed E-state index contributed by atoms with van der Waals surface area (Å²) in [5, 5.41) is 6.89. The summed E-state index contributed by atoms with van der Waals surface area (Å²) in [5.74, 6) is 19.4. The molecule has 0 heterocycles. The van der Waals surface area contributed by atoms with Gasteiger partial charge in [0.1, 0.15) is 81.6 Å². The SMILES string of the molecule is CCCCCCCCCCCCOc1ccc(COc2cc(COc3cc(CC(=O)Cc4ccc(C#Cc5ccc6ccc7c(C#Cc8ccc(C)cc8)ccc8ccc5c6c87)cc4)cc(OCc4cc(OCc5ccc(C)cc5)c(OCc5ccc(C)cc5)c(OCc5ccc(OCCCCCCCCCCCC)cc5)c4)c3)cc(OCc3ccc(C)cc3)c2OCc2ccc(C)cc2)cc1. The van der Waals surface area contributed by atoms with Gasteiger partial charge in [0.15, 0.2) is 23.0 Å². The van der Waals surface area contributed by atoms with E-state index in [0.717, 1.165) is 153 Å². The molecule has 15 rings (SSSR count). The minimum atomic E-state index is -0.000318. The predicted octanol–water partition coefficient (Wildman–Crippen LogP) is 31.5. The Morgan fingerprint density at radius 3 is 0.847 bits per heavy atom. The molecule has 0 bridgehead atoms. The molecule has 11 heteroatoms. The molecule has 11 nitrogen and oxygen atoms in total. The molecular weight excluding hydrogens is 1690 g/mol. The van der Waals surface area contributed by atoms with Gasteiger partial charge in [-0.25, -0.2) is 0 Å². The van der Waals surface area contributed by atoms with Crippen molar-refractivity contribution in [3.63, 3.8) is 0 Å². The Balaban J connectivity index is 0.710. The van der Waals surface area contributed by atoms with Crippen LogP contribution >= 0.6 is 0 Å². The van der Waals surface area contributed by atoms with E-state index in [-0.39, 0.29) is 71.5 Å². The maximum absolute atomic E-state index is 14.8. The Kier molecular flexibility index (Phi) is 36.5. The van der Waals surface area contributed by atoms with Gasteiger partial charge in [0.25, 0.3) is 0 Å². The van der Waals surface area contributed by atoms with Crippen LogP contribution in [0.4, 0.5) is 0 Å². The van der Waals surface area contributed by atoms with Gasteiger partial charge in [0, 0.05) is 41.2 Å². The average Bonchev–Trinajstić information content (AvgIpc) is 0.731. The first kappa shape index (κ1) is 97.7. The van der Waals surface area contributed by atoms with Gasteiger partial charge in [0.2, 0.25) is 11.5 Å². The van der Waals surface area contributed by atoms with Gasteiger partial charge in [-0.15, -0.1) is 0 Å². The average molecular weight is 1820 g/mol. The highest BCUT2D eigenvalue weighted by atomic mass is 16.6. The third-order valence-corrected chi connectivity index (χ3v) is 25.3. The number of hydrogen-bond acceptors (Lipinski definition) is 11. The van der Waals surface area contributed by atoms with Crippen molar-refractivity contribution in [2.24, 2.45) is 0 Å². The highest BCUT2D eigenvalue weighted by molar-refractivity contribution is 6.25. The van der Waals surface area contributed by atoms with E-state index >= 15 is 0 Å². The van der Waals surface area contributed by atoms with Crippen LogP contribution in [-0.4, -0.2) is 19.0 Å². The normalized spacial score (nSPS) is 11.1. The van der Waals surface area contributed by atoms with E-state index in [9.17, 15) is 4.79 Å². The number of rotatable bonds is 52. The Morgan fingerprint density at radius 2 is 0.504 bits per heavy atom. The standard InChI is InChI=1S/C126H132O11/c1-8-10-12-14-16-18-20-22-24-26-72-128-113-66-54-103(55-67-113)85-134-121-80-106(78-119(132-83-99-40-30-92(4)31-41-99)125(121)136-87-101-44-34-94(6)35-45-101)89-130-115-76-105(75-112(127)74-98-50-48-97(49-51-98)53-59-109-61-63-111-64-70-117-108(58-52-96-38-28-91(3)29-39-96)60-62-110-65-71-118(109)124(111)123(110)117)77-116(82-115)131-90-107-79-120(133-84-100-42-32-93(5)33-43-100)126(137-88-102-46-36-95(7)37-47-102)122(81-107)135-86-104-56-68-114(69-57-104)129-73-27-25-23-21-19-17-15-13-11-9-2/h28-51,54-57,60-71,76-82H,8-27,72-75,83-90H2,1-7H3. The Bertz CT molecular complexity index is 6230. The van der Waals surface area contributed by atoms with Crippen molar-refractivity contribution in [3.05, 3.63) is 391 Å². The molecule has 0 aliphatic heterocycles. The zero-order chi connectivity index (χ0) is 94.5. The molecule has 0 atom stereocenters. The van der Waals surface area contributed by atoms with E-state index < -0.39 is 0 Å². The maximum atomic E-state index is 14.8. The monoisotopic (exact) mass is 1820 g/mol. The maximum Gasteiger partial charge on any atom is 0.203 e. The lowest BCUT2D eigenvalue weighted by Crippen LogP contribution is -2.08. The van der Waals surface area contributed by atoms with Crippen LogP contribution in [0.2, 0.25) is 0 Å². The van der Waals surface area contributed by atoms with Gasteiger partial charge < -0.3 is 47.4 Å². The molecule has 0 aliphatic rings. The summed E-state index contributed by atoms with van der Waals surface area (Å²) in [5.41, 5.74) is 18.5. The van der Waals surface area contributed by atoms with Crippen LogP contribution in [0.5, 0.6) is 57.5 Å². The Hall–Kier alpha value is -13.9. The molecule has 0 amide bonds. The number of benzene rings is 15. The molecule has 0 saturated heterocycles. The number of unbranched alkanes of at least 4 members (excludes halogenated alkanes) is 18. The molecule has 0 fully saturated rings. The second-order valence-electron chi connectivity index (χ2n) is 36.9. The van der Waals surface area contributed by atoms with E-state index in [2.05, 4.69) is 266 Å². The van der Waals surface area contributed by atoms with E-state index in [1.807, 2.05) is 91.0 Å². The van der Waals surface area contributed by atoms with E-state index in [1.54, 1.807) is 0 Å². The molecule has 0 unspecified atom stereocenters. The lowest BCUT2D eigenvalue weighted by atomic mass is 9.90. The molecule has 0 saturated carbocycles. The summed E-state index contributed by atoms with van der Waals surface area (Å²) in [6, 6.07) is 97.0. The van der Waals surface area contributed by atoms with E-state index in [4.69, 9.17) is 47.4 Å². The zero-order valence-electron chi connectivity index (χ0n) is 81.3. The summed E-state index contributed by atoms with van der Waals surface area (Å²) in [6.07, 6.45) is 25.6. The number of ketones is 1. The van der Waals surface area contributed by atoms with Crippen LogP contribution in [-0.2, 0) is 70.5 Å². The highest BCUT2D eigenvalue weighted by Gasteiger charge is 2.23. The van der Waals surface area contributed by atoms with Crippen molar-refractivity contribution in [2.75, 3.05) is 13.2 Å². The smallest absolute Gasteiger partial charge is 0.203 e. The second-order valence-corrected chi connectivity index (χ2v) is 36.9. The van der Waals surface area contributed by atoms with Crippen molar-refractivity contribution < 1.29 is 52.2 Å².